The van der Waals surface area contributed by atoms with Crippen molar-refractivity contribution in [3.05, 3.63) is 33.2 Å². The van der Waals surface area contributed by atoms with Crippen molar-refractivity contribution in [3.63, 3.8) is 0 Å². The zero-order valence-electron chi connectivity index (χ0n) is 13.3. The number of aldehydes is 1. The van der Waals surface area contributed by atoms with Gasteiger partial charge in [-0.1, -0.05) is 5.75 Å². The van der Waals surface area contributed by atoms with Gasteiger partial charge in [0.15, 0.2) is 5.78 Å². The van der Waals surface area contributed by atoms with Gasteiger partial charge >= 0.3 is 5.63 Å². The van der Waals surface area contributed by atoms with E-state index in [2.05, 4.69) is 0 Å². The van der Waals surface area contributed by atoms with Crippen LogP contribution in [0.4, 0.5) is 0 Å². The van der Waals surface area contributed by atoms with Crippen LogP contribution in [-0.4, -0.2) is 42.1 Å². The number of aliphatic hydroxyl groups is 2. The lowest BCUT2D eigenvalue weighted by molar-refractivity contribution is -0.270. The first-order chi connectivity index (χ1) is 11.9. The molecule has 8 heteroatoms. The van der Waals surface area contributed by atoms with Crippen LogP contribution < -0.4 is 15.5 Å². The number of hydrogen-bond donors (Lipinski definition) is 2. The molecular formula is C17H15O8-. The predicted molar refractivity (Wildman–Crippen MR) is 83.0 cm³/mol. The van der Waals surface area contributed by atoms with Gasteiger partial charge in [-0.05, 0) is 23.6 Å². The van der Waals surface area contributed by atoms with E-state index in [-0.39, 0.29) is 52.8 Å². The number of rotatable bonds is 5. The largest absolute Gasteiger partial charge is 0.872 e. The summed E-state index contributed by atoms with van der Waals surface area (Å²) in [6.45, 7) is -0.712. The quantitative estimate of drug-likeness (QED) is 0.552. The molecule has 0 amide bonds. The van der Waals surface area contributed by atoms with E-state index in [1.807, 2.05) is 0 Å². The van der Waals surface area contributed by atoms with Crippen LogP contribution in [0.15, 0.2) is 15.3 Å². The SMILES string of the molecule is COc1cc([O-])c(C(CO)C(O)C=O)c2oc(=O)c3c(c12)CCC3=O. The third-order valence-corrected chi connectivity index (χ3v) is 4.47. The van der Waals surface area contributed by atoms with Crippen molar-refractivity contribution in [2.24, 2.45) is 0 Å². The molecule has 0 fully saturated rings. The number of ketones is 1. The number of benzene rings is 1. The molecule has 8 nitrogen and oxygen atoms in total. The Bertz CT molecular complexity index is 927. The highest BCUT2D eigenvalue weighted by Crippen LogP contribution is 2.42. The number of aryl methyl sites for hydroxylation is 1. The molecule has 3 rings (SSSR count). The number of carbonyl (C=O) groups is 2. The molecule has 2 atom stereocenters. The first kappa shape index (κ1) is 17.1. The maximum atomic E-state index is 12.5. The first-order valence-electron chi connectivity index (χ1n) is 7.59. The molecule has 2 aromatic rings. The molecule has 0 spiro atoms. The lowest BCUT2D eigenvalue weighted by Gasteiger charge is -2.25. The van der Waals surface area contributed by atoms with Gasteiger partial charge in [-0.25, -0.2) is 4.79 Å². The third kappa shape index (κ3) is 2.50. The standard InChI is InChI=1S/C17H16O8/c1-24-12-4-10(21)13(8(5-18)11(22)6-19)16-15(12)7-2-3-9(20)14(7)17(23)25-16/h4,6,8,11,18,21-22H,2-3,5H2,1H3/p-1. The van der Waals surface area contributed by atoms with Gasteiger partial charge in [-0.3, -0.25) is 4.79 Å². The molecular weight excluding hydrogens is 332 g/mol. The van der Waals surface area contributed by atoms with Crippen LogP contribution in [0, 0.1) is 0 Å². The van der Waals surface area contributed by atoms with E-state index in [0.29, 0.717) is 5.56 Å². The summed E-state index contributed by atoms with van der Waals surface area (Å²) in [5, 5.41) is 32.1. The zero-order chi connectivity index (χ0) is 18.3. The third-order valence-electron chi connectivity index (χ3n) is 4.47. The van der Waals surface area contributed by atoms with E-state index in [9.17, 15) is 29.7 Å². The van der Waals surface area contributed by atoms with Crippen molar-refractivity contribution < 1.29 is 34.1 Å². The summed E-state index contributed by atoms with van der Waals surface area (Å²) >= 11 is 0. The average Bonchev–Trinajstić information content (AvgIpc) is 2.99. The monoisotopic (exact) mass is 347 g/mol. The summed E-state index contributed by atoms with van der Waals surface area (Å²) in [6, 6.07) is 1.13. The highest BCUT2D eigenvalue weighted by atomic mass is 16.5. The molecule has 1 aromatic carbocycles. The Morgan fingerprint density at radius 3 is 2.72 bits per heavy atom. The van der Waals surface area contributed by atoms with Gasteiger partial charge in [0.2, 0.25) is 0 Å². The summed E-state index contributed by atoms with van der Waals surface area (Å²) in [4.78, 5) is 35.1. The van der Waals surface area contributed by atoms with Gasteiger partial charge in [-0.2, -0.15) is 0 Å². The number of carbonyl (C=O) groups excluding carboxylic acids is 2. The Kier molecular flexibility index (Phi) is 4.32. The molecule has 0 saturated heterocycles. The molecule has 1 aliphatic rings. The molecule has 0 bridgehead atoms. The van der Waals surface area contributed by atoms with Gasteiger partial charge in [0.05, 0.1) is 19.1 Å². The van der Waals surface area contributed by atoms with Crippen molar-refractivity contribution in [3.8, 4) is 11.5 Å². The van der Waals surface area contributed by atoms with E-state index in [4.69, 9.17) is 9.15 Å². The van der Waals surface area contributed by atoms with Gasteiger partial charge in [0.25, 0.3) is 0 Å². The molecule has 1 aliphatic carbocycles. The van der Waals surface area contributed by atoms with E-state index in [1.165, 1.54) is 7.11 Å². The molecule has 1 heterocycles. The topological polar surface area (TPSA) is 137 Å². The molecule has 0 aliphatic heterocycles. The first-order valence-corrected chi connectivity index (χ1v) is 7.59. The Balaban J connectivity index is 2.46. The van der Waals surface area contributed by atoms with Crippen LogP contribution in [0.5, 0.6) is 11.5 Å². The van der Waals surface area contributed by atoms with Gasteiger partial charge in [-0.15, -0.1) is 0 Å². The van der Waals surface area contributed by atoms with Crippen molar-refractivity contribution in [1.29, 1.82) is 0 Å². The second kappa shape index (κ2) is 6.30. The fourth-order valence-electron chi connectivity index (χ4n) is 3.28. The number of fused-ring (bicyclic) bond motifs is 3. The minimum absolute atomic E-state index is 0.0770. The fourth-order valence-corrected chi connectivity index (χ4v) is 3.28. The summed E-state index contributed by atoms with van der Waals surface area (Å²) in [5.41, 5.74) is -0.936. The molecule has 25 heavy (non-hydrogen) atoms. The molecule has 0 radical (unpaired) electrons. The van der Waals surface area contributed by atoms with E-state index >= 15 is 0 Å². The van der Waals surface area contributed by atoms with E-state index in [1.54, 1.807) is 0 Å². The van der Waals surface area contributed by atoms with E-state index < -0.39 is 30.0 Å². The maximum absolute atomic E-state index is 12.5. The van der Waals surface area contributed by atoms with Crippen molar-refractivity contribution in [1.82, 2.24) is 0 Å². The average molecular weight is 347 g/mol. The maximum Gasteiger partial charge on any atom is 0.347 e. The normalized spacial score (nSPS) is 15.9. The Morgan fingerprint density at radius 2 is 2.12 bits per heavy atom. The zero-order valence-corrected chi connectivity index (χ0v) is 13.3. The smallest absolute Gasteiger partial charge is 0.347 e. The molecule has 2 N–H and O–H groups in total. The Labute approximate surface area is 141 Å². The Hall–Kier alpha value is -2.71. The highest BCUT2D eigenvalue weighted by molar-refractivity contribution is 6.06. The highest BCUT2D eigenvalue weighted by Gasteiger charge is 2.32. The summed E-state index contributed by atoms with van der Waals surface area (Å²) in [6.07, 6.45) is -1.05. The molecule has 132 valence electrons. The van der Waals surface area contributed by atoms with Crippen LogP contribution in [0.25, 0.3) is 11.0 Å². The molecule has 0 saturated carbocycles. The van der Waals surface area contributed by atoms with Gasteiger partial charge in [0, 0.05) is 12.3 Å². The van der Waals surface area contributed by atoms with E-state index in [0.717, 1.165) is 6.07 Å². The van der Waals surface area contributed by atoms with Crippen LogP contribution >= 0.6 is 0 Å². The number of ether oxygens (including phenoxy) is 1. The minimum atomic E-state index is -1.66. The summed E-state index contributed by atoms with van der Waals surface area (Å²) < 4.78 is 10.4. The van der Waals surface area contributed by atoms with Crippen molar-refractivity contribution >= 4 is 23.0 Å². The van der Waals surface area contributed by atoms with Crippen molar-refractivity contribution in [2.45, 2.75) is 24.9 Å². The van der Waals surface area contributed by atoms with Gasteiger partial charge in [0.1, 0.15) is 29.3 Å². The lowest BCUT2D eigenvalue weighted by Crippen LogP contribution is -2.25. The van der Waals surface area contributed by atoms with Crippen LogP contribution in [-0.2, 0) is 11.2 Å². The predicted octanol–water partition coefficient (Wildman–Crippen LogP) is -0.360. The van der Waals surface area contributed by atoms with Gasteiger partial charge < -0.3 is 29.3 Å². The second-order valence-corrected chi connectivity index (χ2v) is 5.78. The summed E-state index contributed by atoms with van der Waals surface area (Å²) in [7, 11) is 1.33. The Morgan fingerprint density at radius 1 is 1.40 bits per heavy atom. The fraction of sp³-hybridized carbons (Fsp3) is 0.353. The number of aliphatic hydroxyl groups excluding tert-OH is 2. The second-order valence-electron chi connectivity index (χ2n) is 5.78. The van der Waals surface area contributed by atoms with Crippen molar-refractivity contribution in [2.75, 3.05) is 13.7 Å². The molecule has 2 unspecified atom stereocenters. The number of Topliss-reactive ketones (excluding diaryl/α,β-unsaturated/α-hetero) is 1. The van der Waals surface area contributed by atoms with Crippen LogP contribution in [0.1, 0.15) is 33.8 Å². The number of methoxy groups -OCH3 is 1. The van der Waals surface area contributed by atoms with Crippen LogP contribution in [0.2, 0.25) is 0 Å². The van der Waals surface area contributed by atoms with Crippen LogP contribution in [0.3, 0.4) is 0 Å². The molecule has 1 aromatic heterocycles. The summed E-state index contributed by atoms with van der Waals surface area (Å²) in [5.74, 6) is -2.16. The lowest BCUT2D eigenvalue weighted by atomic mass is 9.90. The minimum Gasteiger partial charge on any atom is -0.872 e. The number of hydrogen-bond acceptors (Lipinski definition) is 8.